The van der Waals surface area contributed by atoms with E-state index in [1.807, 2.05) is 30.3 Å². The van der Waals surface area contributed by atoms with E-state index in [0.29, 0.717) is 0 Å². The first kappa shape index (κ1) is 12.1. The summed E-state index contributed by atoms with van der Waals surface area (Å²) < 4.78 is 0. The molecule has 0 aliphatic carbocycles. The fourth-order valence-corrected chi connectivity index (χ4v) is 2.25. The van der Waals surface area contributed by atoms with E-state index in [1.165, 1.54) is 5.56 Å². The van der Waals surface area contributed by atoms with Crippen LogP contribution in [0, 0.1) is 0 Å². The minimum atomic E-state index is -0.448. The van der Waals surface area contributed by atoms with Crippen LogP contribution in [0.15, 0.2) is 53.7 Å². The summed E-state index contributed by atoms with van der Waals surface area (Å²) in [6.45, 7) is 1.74. The van der Waals surface area contributed by atoms with Crippen LogP contribution in [0.4, 0.5) is 0 Å². The Morgan fingerprint density at radius 1 is 1.18 bits per heavy atom. The first-order chi connectivity index (χ1) is 8.25. The smallest absolute Gasteiger partial charge is 0.0963 e. The Bertz CT molecular complexity index is 453. The maximum atomic E-state index is 9.38. The molecule has 1 aromatic carbocycles. The van der Waals surface area contributed by atoms with Crippen LogP contribution in [0.5, 0.6) is 0 Å². The largest absolute Gasteiger partial charge is 0.389 e. The van der Waals surface area contributed by atoms with Gasteiger partial charge in [-0.05, 0) is 24.1 Å². The molecular weight excluding hydrogens is 230 g/mol. The molecule has 0 amide bonds. The molecule has 0 radical (unpaired) electrons. The highest BCUT2D eigenvalue weighted by molar-refractivity contribution is 7.98. The highest BCUT2D eigenvalue weighted by atomic mass is 32.2. The first-order valence-corrected chi connectivity index (χ1v) is 6.55. The van der Waals surface area contributed by atoms with Crippen molar-refractivity contribution in [2.45, 2.75) is 23.8 Å². The Morgan fingerprint density at radius 3 is 2.53 bits per heavy atom. The van der Waals surface area contributed by atoms with E-state index in [4.69, 9.17) is 0 Å². The molecule has 17 heavy (non-hydrogen) atoms. The average molecular weight is 245 g/mol. The molecule has 1 heterocycles. The van der Waals surface area contributed by atoms with Crippen LogP contribution < -0.4 is 0 Å². The number of nitrogens with zero attached hydrogens (tertiary/aromatic N) is 1. The van der Waals surface area contributed by atoms with Crippen LogP contribution in [-0.4, -0.2) is 10.1 Å². The van der Waals surface area contributed by atoms with Crippen LogP contribution >= 0.6 is 11.8 Å². The Morgan fingerprint density at radius 2 is 1.94 bits per heavy atom. The van der Waals surface area contributed by atoms with Gasteiger partial charge in [-0.2, -0.15) is 0 Å². The van der Waals surface area contributed by atoms with Gasteiger partial charge >= 0.3 is 0 Å². The van der Waals surface area contributed by atoms with Crippen molar-refractivity contribution in [3.8, 4) is 0 Å². The van der Waals surface area contributed by atoms with Crippen LogP contribution in [0.3, 0.4) is 0 Å². The Hall–Kier alpha value is -1.32. The quantitative estimate of drug-likeness (QED) is 0.838. The predicted molar refractivity (Wildman–Crippen MR) is 70.9 cm³/mol. The summed E-state index contributed by atoms with van der Waals surface area (Å²) in [7, 11) is 0. The summed E-state index contributed by atoms with van der Waals surface area (Å²) >= 11 is 1.70. The summed E-state index contributed by atoms with van der Waals surface area (Å²) in [5.41, 5.74) is 2.15. The zero-order valence-electron chi connectivity index (χ0n) is 9.71. The van der Waals surface area contributed by atoms with Crippen LogP contribution in [0.25, 0.3) is 0 Å². The van der Waals surface area contributed by atoms with E-state index in [0.717, 1.165) is 16.3 Å². The Kier molecular flexibility index (Phi) is 4.18. The fourth-order valence-electron chi connectivity index (χ4n) is 1.46. The molecule has 2 nitrogen and oxygen atoms in total. The maximum Gasteiger partial charge on any atom is 0.0963 e. The molecule has 2 aromatic rings. The molecule has 0 aliphatic rings. The number of hydrogen-bond donors (Lipinski definition) is 1. The van der Waals surface area contributed by atoms with Gasteiger partial charge in [0, 0.05) is 11.9 Å². The van der Waals surface area contributed by atoms with Gasteiger partial charge < -0.3 is 5.11 Å². The molecule has 0 unspecified atom stereocenters. The second-order valence-corrected chi connectivity index (χ2v) is 4.88. The highest BCUT2D eigenvalue weighted by Gasteiger charge is 2.02. The number of aliphatic hydroxyl groups is 1. The molecular formula is C14H15NOS. The molecule has 0 bridgehead atoms. The van der Waals surface area contributed by atoms with Crippen molar-refractivity contribution in [3.63, 3.8) is 0 Å². The van der Waals surface area contributed by atoms with Gasteiger partial charge in [0.1, 0.15) is 0 Å². The van der Waals surface area contributed by atoms with Gasteiger partial charge in [-0.3, -0.25) is 0 Å². The number of aliphatic hydroxyl groups excluding tert-OH is 1. The molecule has 1 aromatic heterocycles. The van der Waals surface area contributed by atoms with Gasteiger partial charge in [-0.1, -0.05) is 36.4 Å². The second kappa shape index (κ2) is 5.84. The van der Waals surface area contributed by atoms with Crippen LogP contribution in [0.1, 0.15) is 24.2 Å². The summed E-state index contributed by atoms with van der Waals surface area (Å²) in [4.78, 5) is 4.32. The second-order valence-electron chi connectivity index (χ2n) is 3.88. The third kappa shape index (κ3) is 3.58. The zero-order valence-corrected chi connectivity index (χ0v) is 10.5. The topological polar surface area (TPSA) is 33.1 Å². The van der Waals surface area contributed by atoms with Crippen molar-refractivity contribution < 1.29 is 5.11 Å². The number of aromatic nitrogens is 1. The van der Waals surface area contributed by atoms with Crippen molar-refractivity contribution in [3.05, 3.63) is 59.8 Å². The minimum absolute atomic E-state index is 0.448. The van der Waals surface area contributed by atoms with Crippen molar-refractivity contribution in [1.29, 1.82) is 0 Å². The Labute approximate surface area is 106 Å². The van der Waals surface area contributed by atoms with E-state index in [2.05, 4.69) is 17.1 Å². The van der Waals surface area contributed by atoms with Gasteiger partial charge in [-0.25, -0.2) is 4.98 Å². The predicted octanol–water partition coefficient (Wildman–Crippen LogP) is 3.43. The van der Waals surface area contributed by atoms with Crippen LogP contribution in [-0.2, 0) is 5.75 Å². The maximum absolute atomic E-state index is 9.38. The van der Waals surface area contributed by atoms with E-state index in [1.54, 1.807) is 24.9 Å². The number of benzene rings is 1. The monoisotopic (exact) mass is 245 g/mol. The molecule has 2 rings (SSSR count). The Balaban J connectivity index is 1.96. The molecule has 88 valence electrons. The number of hydrogen-bond acceptors (Lipinski definition) is 3. The standard InChI is InChI=1S/C14H15NOS/c1-11(16)13-7-8-14(15-9-13)17-10-12-5-3-2-4-6-12/h2-9,11,16H,10H2,1H3/t11-/m1/s1. The van der Waals surface area contributed by atoms with Crippen molar-refractivity contribution in [2.24, 2.45) is 0 Å². The minimum Gasteiger partial charge on any atom is -0.389 e. The lowest BCUT2D eigenvalue weighted by Gasteiger charge is -2.05. The molecule has 0 aliphatic heterocycles. The van der Waals surface area contributed by atoms with E-state index in [9.17, 15) is 5.11 Å². The third-order valence-electron chi connectivity index (χ3n) is 2.47. The molecule has 0 saturated heterocycles. The van der Waals surface area contributed by atoms with Crippen LogP contribution in [0.2, 0.25) is 0 Å². The van der Waals surface area contributed by atoms with Crippen molar-refractivity contribution >= 4 is 11.8 Å². The van der Waals surface area contributed by atoms with E-state index >= 15 is 0 Å². The molecule has 3 heteroatoms. The lowest BCUT2D eigenvalue weighted by molar-refractivity contribution is 0.198. The zero-order chi connectivity index (χ0) is 12.1. The first-order valence-electron chi connectivity index (χ1n) is 5.56. The molecule has 0 saturated carbocycles. The summed E-state index contributed by atoms with van der Waals surface area (Å²) in [5.74, 6) is 0.919. The number of rotatable bonds is 4. The molecule has 1 atom stereocenters. The number of thioether (sulfide) groups is 1. The van der Waals surface area contributed by atoms with Crippen molar-refractivity contribution in [2.75, 3.05) is 0 Å². The average Bonchev–Trinajstić information content (AvgIpc) is 2.38. The molecule has 1 N–H and O–H groups in total. The SMILES string of the molecule is C[C@@H](O)c1ccc(SCc2ccccc2)nc1. The van der Waals surface area contributed by atoms with Crippen molar-refractivity contribution in [1.82, 2.24) is 4.98 Å². The van der Waals surface area contributed by atoms with Gasteiger partial charge in [-0.15, -0.1) is 11.8 Å². The summed E-state index contributed by atoms with van der Waals surface area (Å²) in [6.07, 6.45) is 1.29. The lowest BCUT2D eigenvalue weighted by atomic mass is 10.2. The highest BCUT2D eigenvalue weighted by Crippen LogP contribution is 2.21. The molecule has 0 fully saturated rings. The lowest BCUT2D eigenvalue weighted by Crippen LogP contribution is -1.92. The molecule has 0 spiro atoms. The summed E-state index contributed by atoms with van der Waals surface area (Å²) in [6, 6.07) is 14.2. The van der Waals surface area contributed by atoms with Gasteiger partial charge in [0.15, 0.2) is 0 Å². The van der Waals surface area contributed by atoms with E-state index in [-0.39, 0.29) is 0 Å². The van der Waals surface area contributed by atoms with Gasteiger partial charge in [0.25, 0.3) is 0 Å². The fraction of sp³-hybridized carbons (Fsp3) is 0.214. The van der Waals surface area contributed by atoms with Gasteiger partial charge in [0.05, 0.1) is 11.1 Å². The number of pyridine rings is 1. The summed E-state index contributed by atoms with van der Waals surface area (Å²) in [5, 5.41) is 10.4. The normalized spacial score (nSPS) is 12.4. The van der Waals surface area contributed by atoms with E-state index < -0.39 is 6.10 Å². The van der Waals surface area contributed by atoms with Gasteiger partial charge in [0.2, 0.25) is 0 Å². The third-order valence-corrected chi connectivity index (χ3v) is 3.49.